The van der Waals surface area contributed by atoms with Gasteiger partial charge in [-0.15, -0.1) is 0 Å². The molecule has 0 aliphatic heterocycles. The van der Waals surface area contributed by atoms with Crippen molar-refractivity contribution in [2.24, 2.45) is 0 Å². The summed E-state index contributed by atoms with van der Waals surface area (Å²) in [5.41, 5.74) is -2.45. The molecule has 0 aliphatic carbocycles. The number of hydrogen-bond donors (Lipinski definition) is 1. The molecule has 2 rings (SSSR count). The molecule has 0 atom stereocenters. The highest BCUT2D eigenvalue weighted by Gasteiger charge is 2.36. The Morgan fingerprint density at radius 3 is 2.58 bits per heavy atom. The Hall–Kier alpha value is -2.05. The molecule has 0 spiro atoms. The number of alkyl halides is 3. The molecule has 1 aromatic carbocycles. The van der Waals surface area contributed by atoms with E-state index in [-0.39, 0.29) is 17.1 Å². The van der Waals surface area contributed by atoms with E-state index in [1.165, 1.54) is 18.2 Å². The number of ether oxygens (including phenoxy) is 1. The van der Waals surface area contributed by atoms with Crippen LogP contribution in [0, 0.1) is 0 Å². The van der Waals surface area contributed by atoms with E-state index in [1.807, 2.05) is 13.8 Å². The number of aromatic amines is 1. The molecule has 7 heteroatoms. The lowest BCUT2D eigenvalue weighted by atomic mass is 10.2. The first-order valence-electron chi connectivity index (χ1n) is 5.55. The Morgan fingerprint density at radius 1 is 1.32 bits per heavy atom. The largest absolute Gasteiger partial charge is 0.491 e. The minimum absolute atomic E-state index is 0.0584. The minimum atomic E-state index is -4.77. The van der Waals surface area contributed by atoms with E-state index in [1.54, 1.807) is 0 Å². The van der Waals surface area contributed by atoms with E-state index < -0.39 is 17.4 Å². The SMILES string of the molecule is CC(C)Oc1ccc2nc(C(F)(F)F)c(=O)[nH]c2c1. The Morgan fingerprint density at radius 2 is 2.00 bits per heavy atom. The van der Waals surface area contributed by atoms with Crippen LogP contribution >= 0.6 is 0 Å². The lowest BCUT2D eigenvalue weighted by Crippen LogP contribution is -2.23. The molecule has 0 bridgehead atoms. The van der Waals surface area contributed by atoms with Crippen molar-refractivity contribution in [2.45, 2.75) is 26.1 Å². The number of hydrogen-bond acceptors (Lipinski definition) is 3. The third kappa shape index (κ3) is 2.86. The Labute approximate surface area is 106 Å². The van der Waals surface area contributed by atoms with Gasteiger partial charge in [0.05, 0.1) is 17.1 Å². The van der Waals surface area contributed by atoms with Crippen LogP contribution in [0.15, 0.2) is 23.0 Å². The molecule has 0 fully saturated rings. The van der Waals surface area contributed by atoms with Crippen LogP contribution < -0.4 is 10.3 Å². The van der Waals surface area contributed by atoms with Crippen molar-refractivity contribution < 1.29 is 17.9 Å². The molecule has 0 saturated carbocycles. The van der Waals surface area contributed by atoms with Gasteiger partial charge in [0.1, 0.15) is 5.75 Å². The number of nitrogens with zero attached hydrogens (tertiary/aromatic N) is 1. The second-order valence-corrected chi connectivity index (χ2v) is 4.26. The summed E-state index contributed by atoms with van der Waals surface area (Å²) >= 11 is 0. The molecule has 1 aromatic heterocycles. The first-order chi connectivity index (χ1) is 8.77. The van der Waals surface area contributed by atoms with Gasteiger partial charge in [0.2, 0.25) is 5.69 Å². The summed E-state index contributed by atoms with van der Waals surface area (Å²) in [6.07, 6.45) is -4.85. The van der Waals surface area contributed by atoms with Crippen molar-refractivity contribution >= 4 is 11.0 Å². The predicted molar refractivity (Wildman–Crippen MR) is 63.1 cm³/mol. The van der Waals surface area contributed by atoms with Crippen LogP contribution in [0.2, 0.25) is 0 Å². The number of aromatic nitrogens is 2. The first kappa shape index (κ1) is 13.4. The van der Waals surface area contributed by atoms with Gasteiger partial charge in [0.25, 0.3) is 5.56 Å². The number of halogens is 3. The van der Waals surface area contributed by atoms with Gasteiger partial charge >= 0.3 is 6.18 Å². The molecule has 1 heterocycles. The summed E-state index contributed by atoms with van der Waals surface area (Å²) in [6, 6.07) is 4.33. The van der Waals surface area contributed by atoms with E-state index in [0.29, 0.717) is 5.75 Å². The maximum Gasteiger partial charge on any atom is 0.438 e. The van der Waals surface area contributed by atoms with E-state index in [0.717, 1.165) is 0 Å². The molecule has 0 unspecified atom stereocenters. The standard InChI is InChI=1S/C12H11F3N2O2/c1-6(2)19-7-3-4-8-9(5-7)17-11(18)10(16-8)12(13,14)15/h3-6H,1-2H3,(H,17,18). The van der Waals surface area contributed by atoms with Crippen LogP contribution in [0.3, 0.4) is 0 Å². The molecule has 0 amide bonds. The fourth-order valence-electron chi connectivity index (χ4n) is 1.60. The lowest BCUT2D eigenvalue weighted by Gasteiger charge is -2.10. The molecular weight excluding hydrogens is 261 g/mol. The maximum absolute atomic E-state index is 12.5. The second kappa shape index (κ2) is 4.56. The number of fused-ring (bicyclic) bond motifs is 1. The Balaban J connectivity index is 2.56. The number of nitrogens with one attached hydrogen (secondary N) is 1. The maximum atomic E-state index is 12.5. The number of rotatable bonds is 2. The monoisotopic (exact) mass is 272 g/mol. The van der Waals surface area contributed by atoms with Gasteiger partial charge in [-0.05, 0) is 26.0 Å². The third-order valence-electron chi connectivity index (χ3n) is 2.30. The first-order valence-corrected chi connectivity index (χ1v) is 5.55. The summed E-state index contributed by atoms with van der Waals surface area (Å²) in [6.45, 7) is 3.63. The van der Waals surface area contributed by atoms with Crippen molar-refractivity contribution in [1.29, 1.82) is 0 Å². The predicted octanol–water partition coefficient (Wildman–Crippen LogP) is 2.73. The quantitative estimate of drug-likeness (QED) is 0.914. The summed E-state index contributed by atoms with van der Waals surface area (Å²) in [5, 5.41) is 0. The minimum Gasteiger partial charge on any atom is -0.491 e. The lowest BCUT2D eigenvalue weighted by molar-refractivity contribution is -0.142. The zero-order valence-corrected chi connectivity index (χ0v) is 10.2. The van der Waals surface area contributed by atoms with E-state index >= 15 is 0 Å². The molecule has 1 N–H and O–H groups in total. The van der Waals surface area contributed by atoms with Crippen molar-refractivity contribution in [3.63, 3.8) is 0 Å². The molecule has 2 aromatic rings. The Bertz CT molecular complexity index is 662. The third-order valence-corrected chi connectivity index (χ3v) is 2.30. The van der Waals surface area contributed by atoms with Gasteiger partial charge in [-0.3, -0.25) is 4.79 Å². The van der Waals surface area contributed by atoms with E-state index in [4.69, 9.17) is 4.74 Å². The Kier molecular flexibility index (Phi) is 3.21. The van der Waals surface area contributed by atoms with Gasteiger partial charge < -0.3 is 9.72 Å². The van der Waals surface area contributed by atoms with Crippen LogP contribution in [-0.4, -0.2) is 16.1 Å². The molecule has 0 aliphatic rings. The van der Waals surface area contributed by atoms with E-state index in [2.05, 4.69) is 9.97 Å². The van der Waals surface area contributed by atoms with Gasteiger partial charge in [0, 0.05) is 6.07 Å². The van der Waals surface area contributed by atoms with Gasteiger partial charge in [-0.1, -0.05) is 0 Å². The molecular formula is C12H11F3N2O2. The zero-order chi connectivity index (χ0) is 14.2. The van der Waals surface area contributed by atoms with Crippen LogP contribution in [-0.2, 0) is 6.18 Å². The van der Waals surface area contributed by atoms with Crippen molar-refractivity contribution in [3.8, 4) is 5.75 Å². The highest BCUT2D eigenvalue weighted by atomic mass is 19.4. The molecule has 19 heavy (non-hydrogen) atoms. The van der Waals surface area contributed by atoms with Gasteiger partial charge in [-0.2, -0.15) is 13.2 Å². The van der Waals surface area contributed by atoms with Crippen molar-refractivity contribution in [2.75, 3.05) is 0 Å². The summed E-state index contributed by atoms with van der Waals surface area (Å²) in [4.78, 5) is 16.8. The number of H-pyrrole nitrogens is 1. The highest BCUT2D eigenvalue weighted by Crippen LogP contribution is 2.26. The average Bonchev–Trinajstić information content (AvgIpc) is 2.25. The smallest absolute Gasteiger partial charge is 0.438 e. The molecule has 0 saturated heterocycles. The topological polar surface area (TPSA) is 55.0 Å². The van der Waals surface area contributed by atoms with Gasteiger partial charge in [-0.25, -0.2) is 4.98 Å². The zero-order valence-electron chi connectivity index (χ0n) is 10.2. The van der Waals surface area contributed by atoms with Crippen LogP contribution in [0.4, 0.5) is 13.2 Å². The summed E-state index contributed by atoms with van der Waals surface area (Å²) in [7, 11) is 0. The summed E-state index contributed by atoms with van der Waals surface area (Å²) in [5.74, 6) is 0.458. The molecule has 102 valence electrons. The van der Waals surface area contributed by atoms with Crippen LogP contribution in [0.1, 0.15) is 19.5 Å². The second-order valence-electron chi connectivity index (χ2n) is 4.26. The molecule has 0 radical (unpaired) electrons. The highest BCUT2D eigenvalue weighted by molar-refractivity contribution is 5.75. The summed E-state index contributed by atoms with van der Waals surface area (Å²) < 4.78 is 42.9. The molecule has 4 nitrogen and oxygen atoms in total. The van der Waals surface area contributed by atoms with Crippen LogP contribution in [0.25, 0.3) is 11.0 Å². The van der Waals surface area contributed by atoms with Crippen molar-refractivity contribution in [3.05, 3.63) is 34.2 Å². The number of benzene rings is 1. The normalized spacial score (nSPS) is 12.1. The van der Waals surface area contributed by atoms with Gasteiger partial charge in [0.15, 0.2) is 0 Å². The fourth-order valence-corrected chi connectivity index (χ4v) is 1.60. The average molecular weight is 272 g/mol. The van der Waals surface area contributed by atoms with Crippen molar-refractivity contribution in [1.82, 2.24) is 9.97 Å². The van der Waals surface area contributed by atoms with E-state index in [9.17, 15) is 18.0 Å². The van der Waals surface area contributed by atoms with Crippen LogP contribution in [0.5, 0.6) is 5.75 Å². The fraction of sp³-hybridized carbons (Fsp3) is 0.333.